The molecule has 1 aliphatic rings. The highest BCUT2D eigenvalue weighted by molar-refractivity contribution is 5.99. The number of benzene rings is 1. The third-order valence-corrected chi connectivity index (χ3v) is 5.85. The number of aromatic nitrogens is 3. The Labute approximate surface area is 164 Å². The molecular weight excluding hydrogens is 352 g/mol. The van der Waals surface area contributed by atoms with Crippen LogP contribution in [-0.4, -0.2) is 39.0 Å². The maximum atomic E-state index is 12.6. The fourth-order valence-corrected chi connectivity index (χ4v) is 4.02. The molecule has 6 heteroatoms. The van der Waals surface area contributed by atoms with Gasteiger partial charge in [0.05, 0.1) is 11.9 Å². The van der Waals surface area contributed by atoms with Crippen LogP contribution in [0.15, 0.2) is 41.3 Å². The Bertz CT molecular complexity index is 1040. The number of aromatic amines is 1. The third kappa shape index (κ3) is 3.35. The third-order valence-electron chi connectivity index (χ3n) is 5.85. The SMILES string of the molecule is CCN(C)C(=O)c1cnn2c(=O)cc(-c3ccc(C4CCCCC4)cc3)[nH]c12. The molecule has 1 fully saturated rings. The number of amides is 1. The molecule has 0 bridgehead atoms. The van der Waals surface area contributed by atoms with Crippen LogP contribution in [0.2, 0.25) is 0 Å². The van der Waals surface area contributed by atoms with E-state index >= 15 is 0 Å². The van der Waals surface area contributed by atoms with Gasteiger partial charge >= 0.3 is 0 Å². The van der Waals surface area contributed by atoms with E-state index in [2.05, 4.69) is 34.3 Å². The number of rotatable bonds is 4. The first-order valence-electron chi connectivity index (χ1n) is 10.1. The van der Waals surface area contributed by atoms with Gasteiger partial charge in [-0.1, -0.05) is 43.5 Å². The molecule has 0 spiro atoms. The van der Waals surface area contributed by atoms with Gasteiger partial charge in [0.15, 0.2) is 5.65 Å². The molecule has 6 nitrogen and oxygen atoms in total. The summed E-state index contributed by atoms with van der Waals surface area (Å²) in [6.45, 7) is 2.49. The molecule has 146 valence electrons. The Morgan fingerprint density at radius 2 is 1.93 bits per heavy atom. The first-order valence-corrected chi connectivity index (χ1v) is 10.1. The fraction of sp³-hybridized carbons (Fsp3) is 0.409. The molecule has 1 amide bonds. The van der Waals surface area contributed by atoms with Gasteiger partial charge in [-0.2, -0.15) is 9.61 Å². The number of carbonyl (C=O) groups excluding carboxylic acids is 1. The molecule has 1 N–H and O–H groups in total. The van der Waals surface area contributed by atoms with Crippen LogP contribution in [0.1, 0.15) is 60.9 Å². The van der Waals surface area contributed by atoms with E-state index in [4.69, 9.17) is 0 Å². The van der Waals surface area contributed by atoms with Crippen molar-refractivity contribution in [1.82, 2.24) is 19.5 Å². The Morgan fingerprint density at radius 3 is 2.61 bits per heavy atom. The van der Waals surface area contributed by atoms with Crippen molar-refractivity contribution in [2.45, 2.75) is 44.9 Å². The van der Waals surface area contributed by atoms with Gasteiger partial charge in [0, 0.05) is 19.7 Å². The highest BCUT2D eigenvalue weighted by Gasteiger charge is 2.19. The maximum absolute atomic E-state index is 12.6. The first kappa shape index (κ1) is 18.5. The molecule has 1 saturated carbocycles. The van der Waals surface area contributed by atoms with Crippen LogP contribution >= 0.6 is 0 Å². The predicted molar refractivity (Wildman–Crippen MR) is 110 cm³/mol. The van der Waals surface area contributed by atoms with Crippen LogP contribution < -0.4 is 5.56 Å². The summed E-state index contributed by atoms with van der Waals surface area (Å²) in [4.78, 5) is 29.9. The summed E-state index contributed by atoms with van der Waals surface area (Å²) in [5.41, 5.74) is 3.59. The lowest BCUT2D eigenvalue weighted by Gasteiger charge is -2.22. The summed E-state index contributed by atoms with van der Waals surface area (Å²) in [6.07, 6.45) is 7.93. The molecule has 4 rings (SSSR count). The van der Waals surface area contributed by atoms with E-state index in [0.29, 0.717) is 29.4 Å². The van der Waals surface area contributed by atoms with Crippen molar-refractivity contribution in [3.63, 3.8) is 0 Å². The van der Waals surface area contributed by atoms with Gasteiger partial charge in [0.1, 0.15) is 5.56 Å². The fourth-order valence-electron chi connectivity index (χ4n) is 4.02. The van der Waals surface area contributed by atoms with Crippen LogP contribution in [0.4, 0.5) is 0 Å². The number of hydrogen-bond donors (Lipinski definition) is 1. The second kappa shape index (κ2) is 7.62. The quantitative estimate of drug-likeness (QED) is 0.750. The van der Waals surface area contributed by atoms with Crippen LogP contribution in [0, 0.1) is 0 Å². The molecule has 0 saturated heterocycles. The van der Waals surface area contributed by atoms with Crippen LogP contribution in [0.5, 0.6) is 0 Å². The summed E-state index contributed by atoms with van der Waals surface area (Å²) in [7, 11) is 1.73. The van der Waals surface area contributed by atoms with Crippen molar-refractivity contribution in [3.8, 4) is 11.3 Å². The highest BCUT2D eigenvalue weighted by Crippen LogP contribution is 2.33. The summed E-state index contributed by atoms with van der Waals surface area (Å²) in [5.74, 6) is 0.492. The molecule has 2 heterocycles. The van der Waals surface area contributed by atoms with Gasteiger partial charge in [0.2, 0.25) is 0 Å². The standard InChI is InChI=1S/C22H26N4O2/c1-3-25(2)22(28)18-14-23-26-20(27)13-19(24-21(18)26)17-11-9-16(10-12-17)15-7-5-4-6-8-15/h9-15,24H,3-8H2,1-2H3. The second-order valence-electron chi connectivity index (χ2n) is 7.62. The Hall–Kier alpha value is -2.89. The van der Waals surface area contributed by atoms with E-state index in [1.165, 1.54) is 54.4 Å². The Kier molecular flexibility index (Phi) is 5.03. The van der Waals surface area contributed by atoms with Crippen molar-refractivity contribution in [2.24, 2.45) is 0 Å². The molecule has 28 heavy (non-hydrogen) atoms. The summed E-state index contributed by atoms with van der Waals surface area (Å²) >= 11 is 0. The zero-order valence-corrected chi connectivity index (χ0v) is 16.4. The lowest BCUT2D eigenvalue weighted by atomic mass is 9.84. The zero-order chi connectivity index (χ0) is 19.7. The van der Waals surface area contributed by atoms with Gasteiger partial charge < -0.3 is 9.88 Å². The van der Waals surface area contributed by atoms with Gasteiger partial charge in [-0.05, 0) is 36.8 Å². The largest absolute Gasteiger partial charge is 0.342 e. The normalized spacial score (nSPS) is 15.1. The molecular formula is C22H26N4O2. The molecule has 0 radical (unpaired) electrons. The molecule has 1 aromatic carbocycles. The number of nitrogens with one attached hydrogen (secondary N) is 1. The van der Waals surface area contributed by atoms with E-state index < -0.39 is 0 Å². The van der Waals surface area contributed by atoms with Crippen LogP contribution in [0.25, 0.3) is 16.9 Å². The van der Waals surface area contributed by atoms with Gasteiger partial charge in [0.25, 0.3) is 11.5 Å². The Balaban J connectivity index is 1.70. The summed E-state index contributed by atoms with van der Waals surface area (Å²) < 4.78 is 1.25. The molecule has 0 atom stereocenters. The van der Waals surface area contributed by atoms with Crippen molar-refractivity contribution >= 4 is 11.6 Å². The number of H-pyrrole nitrogens is 1. The number of hydrogen-bond acceptors (Lipinski definition) is 3. The van der Waals surface area contributed by atoms with E-state index in [1.807, 2.05) is 6.92 Å². The number of carbonyl (C=O) groups is 1. The van der Waals surface area contributed by atoms with Gasteiger partial charge in [-0.15, -0.1) is 0 Å². The average Bonchev–Trinajstić information content (AvgIpc) is 3.18. The summed E-state index contributed by atoms with van der Waals surface area (Å²) in [6, 6.07) is 9.99. The van der Waals surface area contributed by atoms with E-state index in [1.54, 1.807) is 11.9 Å². The monoisotopic (exact) mass is 378 g/mol. The van der Waals surface area contributed by atoms with Gasteiger partial charge in [-0.25, -0.2) is 0 Å². The predicted octanol–water partition coefficient (Wildman–Crippen LogP) is 3.83. The number of nitrogens with zero attached hydrogens (tertiary/aromatic N) is 3. The van der Waals surface area contributed by atoms with Crippen molar-refractivity contribution in [2.75, 3.05) is 13.6 Å². The molecule has 2 aromatic heterocycles. The van der Waals surface area contributed by atoms with Gasteiger partial charge in [-0.3, -0.25) is 9.59 Å². The maximum Gasteiger partial charge on any atom is 0.274 e. The second-order valence-corrected chi connectivity index (χ2v) is 7.62. The van der Waals surface area contributed by atoms with Crippen molar-refractivity contribution in [3.05, 3.63) is 58.0 Å². The van der Waals surface area contributed by atoms with Crippen molar-refractivity contribution < 1.29 is 4.79 Å². The molecule has 1 aliphatic carbocycles. The van der Waals surface area contributed by atoms with E-state index in [0.717, 1.165) is 5.56 Å². The van der Waals surface area contributed by atoms with Crippen molar-refractivity contribution in [1.29, 1.82) is 0 Å². The average molecular weight is 378 g/mol. The minimum atomic E-state index is -0.252. The van der Waals surface area contributed by atoms with E-state index in [9.17, 15) is 9.59 Å². The van der Waals surface area contributed by atoms with Crippen LogP contribution in [-0.2, 0) is 0 Å². The topological polar surface area (TPSA) is 70.5 Å². The lowest BCUT2D eigenvalue weighted by Crippen LogP contribution is -2.26. The van der Waals surface area contributed by atoms with E-state index in [-0.39, 0.29) is 11.5 Å². The first-order chi connectivity index (χ1) is 13.6. The molecule has 3 aromatic rings. The lowest BCUT2D eigenvalue weighted by molar-refractivity contribution is 0.0804. The summed E-state index contributed by atoms with van der Waals surface area (Å²) in [5, 5.41) is 4.09. The molecule has 0 aliphatic heterocycles. The minimum absolute atomic E-state index is 0.155. The van der Waals surface area contributed by atoms with Crippen LogP contribution in [0.3, 0.4) is 0 Å². The zero-order valence-electron chi connectivity index (χ0n) is 16.4. The number of fused-ring (bicyclic) bond motifs is 1. The highest BCUT2D eigenvalue weighted by atomic mass is 16.2. The molecule has 0 unspecified atom stereocenters. The smallest absolute Gasteiger partial charge is 0.274 e. The Morgan fingerprint density at radius 1 is 1.21 bits per heavy atom. The minimum Gasteiger partial charge on any atom is -0.342 e.